The van der Waals surface area contributed by atoms with Crippen LogP contribution < -0.4 is 0 Å². The molecule has 88 valence electrons. The van der Waals surface area contributed by atoms with Crippen LogP contribution in [0.2, 0.25) is 0 Å². The number of benzene rings is 1. The Labute approximate surface area is 101 Å². The maximum atomic E-state index is 11.1. The number of hydrogen-bond donors (Lipinski definition) is 0. The topological polar surface area (TPSA) is 34.9 Å². The first-order chi connectivity index (χ1) is 8.04. The normalized spacial score (nSPS) is 11.5. The average Bonchev–Trinajstić information content (AvgIpc) is 2.73. The Morgan fingerprint density at radius 3 is 2.47 bits per heavy atom. The standard InChI is InChI=1S/C14H16N2O/c1-14(2,10-17)13-9-12(15-16(13)3)11-7-5-4-6-8-11/h4-10H,1-3H3. The van der Waals surface area contributed by atoms with Gasteiger partial charge >= 0.3 is 0 Å². The molecule has 1 aromatic heterocycles. The van der Waals surface area contributed by atoms with Crippen molar-refractivity contribution in [1.29, 1.82) is 0 Å². The van der Waals surface area contributed by atoms with Gasteiger partial charge in [0.15, 0.2) is 0 Å². The highest BCUT2D eigenvalue weighted by Gasteiger charge is 2.24. The summed E-state index contributed by atoms with van der Waals surface area (Å²) in [5.74, 6) is 0. The van der Waals surface area contributed by atoms with E-state index < -0.39 is 5.41 Å². The molecule has 0 atom stereocenters. The first-order valence-electron chi connectivity index (χ1n) is 5.61. The monoisotopic (exact) mass is 228 g/mol. The van der Waals surface area contributed by atoms with E-state index in [1.807, 2.05) is 57.3 Å². The molecule has 2 rings (SSSR count). The van der Waals surface area contributed by atoms with Crippen molar-refractivity contribution in [3.63, 3.8) is 0 Å². The number of aldehydes is 1. The molecule has 3 nitrogen and oxygen atoms in total. The quantitative estimate of drug-likeness (QED) is 0.757. The van der Waals surface area contributed by atoms with Crippen LogP contribution in [-0.4, -0.2) is 16.1 Å². The predicted molar refractivity (Wildman–Crippen MR) is 67.7 cm³/mol. The third kappa shape index (κ3) is 2.13. The lowest BCUT2D eigenvalue weighted by atomic mass is 9.91. The summed E-state index contributed by atoms with van der Waals surface area (Å²) in [6, 6.07) is 11.9. The summed E-state index contributed by atoms with van der Waals surface area (Å²) < 4.78 is 1.77. The molecule has 17 heavy (non-hydrogen) atoms. The number of aromatic nitrogens is 2. The molecular weight excluding hydrogens is 212 g/mol. The molecule has 2 aromatic rings. The van der Waals surface area contributed by atoms with Gasteiger partial charge in [-0.1, -0.05) is 30.3 Å². The Balaban J connectivity index is 2.48. The van der Waals surface area contributed by atoms with Crippen LogP contribution in [0.5, 0.6) is 0 Å². The molecule has 0 amide bonds. The van der Waals surface area contributed by atoms with Gasteiger partial charge in [0.2, 0.25) is 0 Å². The van der Waals surface area contributed by atoms with E-state index in [-0.39, 0.29) is 0 Å². The maximum absolute atomic E-state index is 11.1. The van der Waals surface area contributed by atoms with Crippen LogP contribution >= 0.6 is 0 Å². The number of rotatable bonds is 3. The van der Waals surface area contributed by atoms with Crippen molar-refractivity contribution in [3.8, 4) is 11.3 Å². The van der Waals surface area contributed by atoms with Crippen LogP contribution in [-0.2, 0) is 17.3 Å². The molecule has 0 radical (unpaired) electrons. The Kier molecular flexibility index (Phi) is 2.84. The highest BCUT2D eigenvalue weighted by atomic mass is 16.1. The third-order valence-corrected chi connectivity index (χ3v) is 2.90. The van der Waals surface area contributed by atoms with Crippen molar-refractivity contribution in [2.24, 2.45) is 7.05 Å². The van der Waals surface area contributed by atoms with Crippen molar-refractivity contribution < 1.29 is 4.79 Å². The van der Waals surface area contributed by atoms with E-state index in [9.17, 15) is 4.79 Å². The lowest BCUT2D eigenvalue weighted by Gasteiger charge is -2.16. The number of aryl methyl sites for hydroxylation is 1. The van der Waals surface area contributed by atoms with Gasteiger partial charge in [-0.25, -0.2) is 0 Å². The molecule has 0 fully saturated rings. The Morgan fingerprint density at radius 1 is 1.24 bits per heavy atom. The molecule has 0 N–H and O–H groups in total. The van der Waals surface area contributed by atoms with Crippen LogP contribution in [0.4, 0.5) is 0 Å². The van der Waals surface area contributed by atoms with Crippen molar-refractivity contribution in [1.82, 2.24) is 9.78 Å². The highest BCUT2D eigenvalue weighted by molar-refractivity contribution is 5.68. The highest BCUT2D eigenvalue weighted by Crippen LogP contribution is 2.25. The van der Waals surface area contributed by atoms with Crippen molar-refractivity contribution in [3.05, 3.63) is 42.1 Å². The van der Waals surface area contributed by atoms with E-state index in [1.54, 1.807) is 4.68 Å². The fourth-order valence-electron chi connectivity index (χ4n) is 1.88. The van der Waals surface area contributed by atoms with Crippen molar-refractivity contribution in [2.45, 2.75) is 19.3 Å². The zero-order valence-corrected chi connectivity index (χ0v) is 10.3. The van der Waals surface area contributed by atoms with Crippen molar-refractivity contribution >= 4 is 6.29 Å². The number of nitrogens with zero attached hydrogens (tertiary/aromatic N) is 2. The van der Waals surface area contributed by atoms with E-state index in [1.165, 1.54) is 0 Å². The van der Waals surface area contributed by atoms with Crippen LogP contribution in [0, 0.1) is 0 Å². The van der Waals surface area contributed by atoms with E-state index in [2.05, 4.69) is 5.10 Å². The average molecular weight is 228 g/mol. The summed E-state index contributed by atoms with van der Waals surface area (Å²) in [6.45, 7) is 3.79. The number of carbonyl (C=O) groups excluding carboxylic acids is 1. The minimum absolute atomic E-state index is 0.505. The molecule has 0 unspecified atom stereocenters. The Bertz CT molecular complexity index is 526. The molecule has 0 saturated heterocycles. The summed E-state index contributed by atoms with van der Waals surface area (Å²) in [7, 11) is 1.87. The fraction of sp³-hybridized carbons (Fsp3) is 0.286. The van der Waals surface area contributed by atoms with E-state index in [0.29, 0.717) is 0 Å². The van der Waals surface area contributed by atoms with Gasteiger partial charge in [0, 0.05) is 12.6 Å². The second kappa shape index (κ2) is 4.17. The molecule has 0 bridgehead atoms. The smallest absolute Gasteiger partial charge is 0.131 e. The molecule has 1 aromatic carbocycles. The van der Waals surface area contributed by atoms with Gasteiger partial charge in [0.1, 0.15) is 6.29 Å². The third-order valence-electron chi connectivity index (χ3n) is 2.90. The van der Waals surface area contributed by atoms with Gasteiger partial charge in [0.25, 0.3) is 0 Å². The molecule has 0 aliphatic carbocycles. The van der Waals surface area contributed by atoms with E-state index >= 15 is 0 Å². The molecule has 1 heterocycles. The van der Waals surface area contributed by atoms with E-state index in [4.69, 9.17) is 0 Å². The van der Waals surface area contributed by atoms with Crippen LogP contribution in [0.25, 0.3) is 11.3 Å². The predicted octanol–water partition coefficient (Wildman–Crippen LogP) is 2.56. The van der Waals surface area contributed by atoms with Crippen molar-refractivity contribution in [2.75, 3.05) is 0 Å². The minimum atomic E-state index is -0.505. The SMILES string of the molecule is Cn1nc(-c2ccccc2)cc1C(C)(C)C=O. The summed E-state index contributed by atoms with van der Waals surface area (Å²) in [5, 5.41) is 4.45. The van der Waals surface area contributed by atoms with Crippen LogP contribution in [0.15, 0.2) is 36.4 Å². The number of hydrogen-bond acceptors (Lipinski definition) is 2. The maximum Gasteiger partial charge on any atom is 0.131 e. The summed E-state index contributed by atoms with van der Waals surface area (Å²) >= 11 is 0. The van der Waals surface area contributed by atoms with E-state index in [0.717, 1.165) is 23.2 Å². The second-order valence-electron chi connectivity index (χ2n) is 4.74. The zero-order valence-electron chi connectivity index (χ0n) is 10.3. The van der Waals surface area contributed by atoms with Gasteiger partial charge in [-0.15, -0.1) is 0 Å². The van der Waals surface area contributed by atoms with Gasteiger partial charge in [-0.2, -0.15) is 5.10 Å². The first-order valence-corrected chi connectivity index (χ1v) is 5.61. The van der Waals surface area contributed by atoms with Gasteiger partial charge in [0.05, 0.1) is 16.8 Å². The zero-order chi connectivity index (χ0) is 12.5. The molecular formula is C14H16N2O. The molecule has 0 saturated carbocycles. The molecule has 0 aliphatic heterocycles. The first kappa shape index (κ1) is 11.6. The lowest BCUT2D eigenvalue weighted by molar-refractivity contribution is -0.111. The van der Waals surface area contributed by atoms with Gasteiger partial charge < -0.3 is 4.79 Å². The van der Waals surface area contributed by atoms with Crippen LogP contribution in [0.1, 0.15) is 19.5 Å². The van der Waals surface area contributed by atoms with Crippen LogP contribution in [0.3, 0.4) is 0 Å². The second-order valence-corrected chi connectivity index (χ2v) is 4.74. The number of carbonyl (C=O) groups is 1. The molecule has 3 heteroatoms. The minimum Gasteiger partial charge on any atom is -0.302 e. The Morgan fingerprint density at radius 2 is 1.88 bits per heavy atom. The molecule has 0 aliphatic rings. The van der Waals surface area contributed by atoms with Gasteiger partial charge in [-0.3, -0.25) is 4.68 Å². The summed E-state index contributed by atoms with van der Waals surface area (Å²) in [4.78, 5) is 11.1. The molecule has 0 spiro atoms. The fourth-order valence-corrected chi connectivity index (χ4v) is 1.88. The summed E-state index contributed by atoms with van der Waals surface area (Å²) in [6.07, 6.45) is 0.957. The largest absolute Gasteiger partial charge is 0.302 e. The van der Waals surface area contributed by atoms with Gasteiger partial charge in [-0.05, 0) is 19.9 Å². The summed E-state index contributed by atoms with van der Waals surface area (Å²) in [5.41, 5.74) is 2.38. The lowest BCUT2D eigenvalue weighted by Crippen LogP contribution is -2.22. The Hall–Kier alpha value is -1.90.